The first kappa shape index (κ1) is 14.5. The Hall–Kier alpha value is -1.56. The number of halogens is 3. The highest BCUT2D eigenvalue weighted by Crippen LogP contribution is 2.11. The molecule has 0 bridgehead atoms. The zero-order valence-corrected chi connectivity index (χ0v) is 9.67. The molecule has 6 heteroatoms. The number of nitrogens with one attached hydrogen (secondary N) is 1. The summed E-state index contributed by atoms with van der Waals surface area (Å²) in [6.07, 6.45) is -2.41. The Morgan fingerprint density at radius 2 is 1.56 bits per heavy atom. The third-order valence-corrected chi connectivity index (χ3v) is 2.62. The van der Waals surface area contributed by atoms with Gasteiger partial charge in [-0.1, -0.05) is 18.2 Å². The molecule has 0 amide bonds. The van der Waals surface area contributed by atoms with E-state index in [2.05, 4.69) is 30.3 Å². The topological polar surface area (TPSA) is 44.6 Å². The number of benzene rings is 1. The summed E-state index contributed by atoms with van der Waals surface area (Å²) in [5, 5.41) is 8.78. The summed E-state index contributed by atoms with van der Waals surface area (Å²) in [6.45, 7) is 2.65. The third kappa shape index (κ3) is 4.75. The number of alkyl halides is 3. The normalized spacial score (nSPS) is 15.9. The maximum Gasteiger partial charge on any atom is 0.430 e. The van der Waals surface area contributed by atoms with E-state index in [1.807, 2.05) is 0 Å². The van der Waals surface area contributed by atoms with Crippen molar-refractivity contribution in [1.82, 2.24) is 0 Å². The second-order valence-corrected chi connectivity index (χ2v) is 3.96. The van der Waals surface area contributed by atoms with Crippen molar-refractivity contribution in [2.75, 3.05) is 13.1 Å². The molecule has 1 aliphatic rings. The second-order valence-electron chi connectivity index (χ2n) is 3.96. The van der Waals surface area contributed by atoms with Crippen molar-refractivity contribution >= 4 is 11.7 Å². The summed E-state index contributed by atoms with van der Waals surface area (Å²) in [4.78, 5) is 10.4. The number of aliphatic carboxylic acids is 1. The van der Waals surface area contributed by atoms with E-state index in [1.165, 1.54) is 31.6 Å². The fourth-order valence-electron chi connectivity index (χ4n) is 1.76. The minimum absolute atomic E-state index is 1.32. The summed E-state index contributed by atoms with van der Waals surface area (Å²) < 4.78 is 31.5. The Balaban J connectivity index is 0.000000203. The van der Waals surface area contributed by atoms with Gasteiger partial charge in [-0.05, 0) is 12.1 Å². The van der Waals surface area contributed by atoms with Crippen molar-refractivity contribution in [3.05, 3.63) is 30.3 Å². The van der Waals surface area contributed by atoms with Crippen LogP contribution in [0, 0.1) is 0 Å². The van der Waals surface area contributed by atoms with Crippen molar-refractivity contribution in [2.45, 2.75) is 19.0 Å². The minimum atomic E-state index is -5.19. The van der Waals surface area contributed by atoms with Crippen molar-refractivity contribution in [1.29, 1.82) is 0 Å². The molecule has 2 rings (SSSR count). The standard InChI is InChI=1S/C10H13N.C2HF3O2/c1-2-6-10(7-3-1)11-8-4-5-9-11;3-2(4,5)1(6)7/h1-3,6-7H,4-5,8-9H2;(H,6,7). The van der Waals surface area contributed by atoms with Gasteiger partial charge in [-0.25, -0.2) is 0 Å². The molecule has 0 aliphatic carbocycles. The molecule has 0 unspecified atom stereocenters. The molecule has 3 nitrogen and oxygen atoms in total. The van der Waals surface area contributed by atoms with Crippen molar-refractivity contribution in [3.63, 3.8) is 0 Å². The number of para-hydroxylation sites is 1. The fraction of sp³-hybridized carbons (Fsp3) is 0.417. The van der Waals surface area contributed by atoms with Crippen LogP contribution in [0.1, 0.15) is 12.8 Å². The molecule has 1 fully saturated rings. The van der Waals surface area contributed by atoms with E-state index in [0.29, 0.717) is 0 Å². The number of rotatable bonds is 1. The lowest BCUT2D eigenvalue weighted by Crippen LogP contribution is -3.04. The average molecular weight is 261 g/mol. The number of carboxylic acid groups (broad SMARTS) is 1. The van der Waals surface area contributed by atoms with Crippen LogP contribution >= 0.6 is 0 Å². The lowest BCUT2D eigenvalue weighted by Gasteiger charge is -2.09. The Morgan fingerprint density at radius 3 is 1.94 bits per heavy atom. The van der Waals surface area contributed by atoms with Crippen LogP contribution in [-0.4, -0.2) is 25.2 Å². The summed E-state index contributed by atoms with van der Waals surface area (Å²) in [7, 11) is 0. The highest BCUT2D eigenvalue weighted by atomic mass is 19.4. The van der Waals surface area contributed by atoms with E-state index in [-0.39, 0.29) is 0 Å². The highest BCUT2D eigenvalue weighted by Gasteiger charge is 2.28. The zero-order chi connectivity index (χ0) is 13.6. The molecule has 0 aromatic heterocycles. The molecule has 1 N–H and O–H groups in total. The molecule has 100 valence electrons. The molecular weight excluding hydrogens is 247 g/mol. The van der Waals surface area contributed by atoms with E-state index < -0.39 is 12.1 Å². The molecule has 0 atom stereocenters. The van der Waals surface area contributed by atoms with E-state index >= 15 is 0 Å². The molecule has 0 saturated carbocycles. The van der Waals surface area contributed by atoms with E-state index in [1.54, 1.807) is 4.90 Å². The van der Waals surface area contributed by atoms with Gasteiger partial charge in [0, 0.05) is 12.8 Å². The van der Waals surface area contributed by atoms with E-state index in [4.69, 9.17) is 9.90 Å². The predicted octanol–water partition coefficient (Wildman–Crippen LogP) is 0.295. The number of carboxylic acids is 1. The second kappa shape index (κ2) is 6.39. The average Bonchev–Trinajstić information content (AvgIpc) is 2.83. The van der Waals surface area contributed by atoms with Gasteiger partial charge in [0.25, 0.3) is 0 Å². The van der Waals surface area contributed by atoms with Gasteiger partial charge < -0.3 is 14.8 Å². The van der Waals surface area contributed by atoms with Gasteiger partial charge in [0.2, 0.25) is 0 Å². The molecule has 0 radical (unpaired) electrons. The van der Waals surface area contributed by atoms with Crippen LogP contribution in [0.2, 0.25) is 0 Å². The van der Waals surface area contributed by atoms with Gasteiger partial charge in [0.15, 0.2) is 0 Å². The third-order valence-electron chi connectivity index (χ3n) is 2.62. The molecule has 1 aliphatic heterocycles. The van der Waals surface area contributed by atoms with Crippen LogP contribution in [0.3, 0.4) is 0 Å². The minimum Gasteiger partial charge on any atom is -0.542 e. The van der Waals surface area contributed by atoms with Gasteiger partial charge in [0.05, 0.1) is 13.1 Å². The Labute approximate surface area is 103 Å². The number of quaternary nitrogens is 1. The number of hydrogen-bond acceptors (Lipinski definition) is 2. The monoisotopic (exact) mass is 261 g/mol. The zero-order valence-electron chi connectivity index (χ0n) is 9.67. The Bertz CT molecular complexity index is 373. The van der Waals surface area contributed by atoms with Gasteiger partial charge in [-0.15, -0.1) is 0 Å². The van der Waals surface area contributed by atoms with Crippen LogP contribution in [0.5, 0.6) is 0 Å². The quantitative estimate of drug-likeness (QED) is 0.790. The number of carbonyl (C=O) groups excluding carboxylic acids is 1. The lowest BCUT2D eigenvalue weighted by molar-refractivity contribution is -0.818. The highest BCUT2D eigenvalue weighted by molar-refractivity contribution is 5.70. The molecule has 1 aromatic carbocycles. The van der Waals surface area contributed by atoms with Gasteiger partial charge in [-0.2, -0.15) is 13.2 Å². The maximum atomic E-state index is 10.5. The molecule has 1 aromatic rings. The van der Waals surface area contributed by atoms with Crippen LogP contribution in [0.15, 0.2) is 30.3 Å². The first-order chi connectivity index (χ1) is 8.41. The molecule has 1 saturated heterocycles. The first-order valence-electron chi connectivity index (χ1n) is 5.59. The SMILES string of the molecule is O=C([O-])C(F)(F)F.c1ccc([NH+]2CCCC2)cc1. The van der Waals surface area contributed by atoms with Gasteiger partial charge in [0.1, 0.15) is 11.7 Å². The Morgan fingerprint density at radius 1 is 1.11 bits per heavy atom. The first-order valence-corrected chi connectivity index (χ1v) is 5.59. The van der Waals surface area contributed by atoms with Gasteiger partial charge >= 0.3 is 6.18 Å². The summed E-state index contributed by atoms with van der Waals surface area (Å²) in [6, 6.07) is 10.8. The van der Waals surface area contributed by atoms with Gasteiger partial charge in [-0.3, -0.25) is 0 Å². The summed E-state index contributed by atoms with van der Waals surface area (Å²) in [5.74, 6) is -3.01. The smallest absolute Gasteiger partial charge is 0.430 e. The van der Waals surface area contributed by atoms with Crippen molar-refractivity contribution in [2.24, 2.45) is 0 Å². The summed E-state index contributed by atoms with van der Waals surface area (Å²) in [5.41, 5.74) is 1.46. The largest absolute Gasteiger partial charge is 0.542 e. The summed E-state index contributed by atoms with van der Waals surface area (Å²) >= 11 is 0. The van der Waals surface area contributed by atoms with Crippen LogP contribution in [0.4, 0.5) is 18.9 Å². The predicted molar refractivity (Wildman–Crippen MR) is 57.1 cm³/mol. The fourth-order valence-corrected chi connectivity index (χ4v) is 1.76. The molecule has 0 spiro atoms. The number of hydrogen-bond donors (Lipinski definition) is 1. The lowest BCUT2D eigenvalue weighted by atomic mass is 10.3. The number of carbonyl (C=O) groups is 1. The molecular formula is C12H14F3NO2. The van der Waals surface area contributed by atoms with E-state index in [0.717, 1.165) is 0 Å². The van der Waals surface area contributed by atoms with Crippen LogP contribution < -0.4 is 10.0 Å². The van der Waals surface area contributed by atoms with Crippen LogP contribution in [0.25, 0.3) is 0 Å². The van der Waals surface area contributed by atoms with Crippen LogP contribution in [-0.2, 0) is 4.79 Å². The van der Waals surface area contributed by atoms with Crippen molar-refractivity contribution in [3.8, 4) is 0 Å². The van der Waals surface area contributed by atoms with Crippen molar-refractivity contribution < 1.29 is 28.0 Å². The van der Waals surface area contributed by atoms with E-state index in [9.17, 15) is 13.2 Å². The Kier molecular flexibility index (Phi) is 5.15. The molecule has 1 heterocycles. The maximum absolute atomic E-state index is 10.5. The molecule has 18 heavy (non-hydrogen) atoms.